The molecule has 4 aromatic rings. The Morgan fingerprint density at radius 3 is 0.897 bits per heavy atom. The average Bonchev–Trinajstić information content (AvgIpc) is 3.39. The zero-order chi connectivity index (χ0) is 26.0. The van der Waals surface area contributed by atoms with Crippen molar-refractivity contribution in [2.75, 3.05) is 12.3 Å². The third-order valence-corrected chi connectivity index (χ3v) is 16.9. The molecule has 2 saturated heterocycles. The molecule has 3 fully saturated rings. The fourth-order valence-electron chi connectivity index (χ4n) is 7.67. The largest absolute Gasteiger partial charge is 0.0910 e. The first-order valence-corrected chi connectivity index (χ1v) is 18.4. The van der Waals surface area contributed by atoms with Gasteiger partial charge in [-0.25, -0.2) is 0 Å². The van der Waals surface area contributed by atoms with Crippen LogP contribution >= 0.6 is 15.8 Å². The van der Waals surface area contributed by atoms with Crippen molar-refractivity contribution in [3.8, 4) is 0 Å². The van der Waals surface area contributed by atoms with Crippen molar-refractivity contribution in [1.82, 2.24) is 0 Å². The minimum absolute atomic E-state index is 0.0486. The smallest absolute Gasteiger partial charge is 0.00477 e. The summed E-state index contributed by atoms with van der Waals surface area (Å²) >= 11 is 0. The summed E-state index contributed by atoms with van der Waals surface area (Å²) in [5, 5.41) is 0. The minimum atomic E-state index is -0.0486. The van der Waals surface area contributed by atoms with Gasteiger partial charge in [0.2, 0.25) is 0 Å². The molecule has 2 aliphatic heterocycles. The lowest BCUT2D eigenvalue weighted by molar-refractivity contribution is 0.765. The summed E-state index contributed by atoms with van der Waals surface area (Å²) in [7, 11) is -0.0972. The van der Waals surface area contributed by atoms with Gasteiger partial charge in [0.25, 0.3) is 0 Å². The number of hydrogen-bond donors (Lipinski definition) is 0. The van der Waals surface area contributed by atoms with E-state index in [-0.39, 0.29) is 15.8 Å². The van der Waals surface area contributed by atoms with Gasteiger partial charge in [0.1, 0.15) is 0 Å². The van der Waals surface area contributed by atoms with Crippen LogP contribution in [0.25, 0.3) is 0 Å². The molecule has 0 unspecified atom stereocenters. The van der Waals surface area contributed by atoms with Crippen LogP contribution in [0.15, 0.2) is 121 Å². The van der Waals surface area contributed by atoms with E-state index in [4.69, 9.17) is 0 Å². The van der Waals surface area contributed by atoms with E-state index in [1.165, 1.54) is 44.4 Å². The molecule has 0 bridgehead atoms. The van der Waals surface area contributed by atoms with Gasteiger partial charge in [0.05, 0.1) is 0 Å². The van der Waals surface area contributed by atoms with Gasteiger partial charge in [0.15, 0.2) is 0 Å². The molecule has 0 nitrogen and oxygen atoms in total. The number of benzene rings is 4. The van der Waals surface area contributed by atoms with Gasteiger partial charge >= 0.3 is 0 Å². The normalized spacial score (nSPS) is 29.0. The summed E-state index contributed by atoms with van der Waals surface area (Å²) in [6.45, 7) is 0. The van der Waals surface area contributed by atoms with Gasteiger partial charge in [-0.05, 0) is 78.5 Å². The fourth-order valence-corrected chi connectivity index (χ4v) is 15.7. The van der Waals surface area contributed by atoms with E-state index in [9.17, 15) is 0 Å². The van der Waals surface area contributed by atoms with E-state index < -0.39 is 0 Å². The average molecular weight is 547 g/mol. The zero-order valence-electron chi connectivity index (χ0n) is 22.9. The Kier molecular flexibility index (Phi) is 7.70. The maximum atomic E-state index is 2.41. The van der Waals surface area contributed by atoms with Gasteiger partial charge in [-0.15, -0.1) is 0 Å². The molecule has 2 heterocycles. The van der Waals surface area contributed by atoms with Crippen LogP contribution in [0, 0.1) is 11.8 Å². The Bertz CT molecular complexity index is 1120. The molecule has 4 aromatic carbocycles. The van der Waals surface area contributed by atoms with Crippen molar-refractivity contribution in [3.05, 3.63) is 144 Å². The predicted molar refractivity (Wildman–Crippen MR) is 170 cm³/mol. The molecule has 6 atom stereocenters. The first-order valence-electron chi connectivity index (χ1n) is 15.1. The number of hydrogen-bond acceptors (Lipinski definition) is 0. The van der Waals surface area contributed by atoms with Crippen molar-refractivity contribution in [1.29, 1.82) is 0 Å². The van der Waals surface area contributed by atoms with E-state index in [0.29, 0.717) is 0 Å². The van der Waals surface area contributed by atoms with Crippen molar-refractivity contribution in [2.24, 2.45) is 11.8 Å². The molecule has 2 heteroatoms. The van der Waals surface area contributed by atoms with Crippen molar-refractivity contribution in [2.45, 2.75) is 54.7 Å². The quantitative estimate of drug-likeness (QED) is 0.193. The molecule has 0 radical (unpaired) electrons. The van der Waals surface area contributed by atoms with Gasteiger partial charge < -0.3 is 0 Å². The molecule has 1 aliphatic carbocycles. The summed E-state index contributed by atoms with van der Waals surface area (Å²) in [5.74, 6) is 1.89. The second-order valence-electron chi connectivity index (χ2n) is 12.0. The van der Waals surface area contributed by atoms with Crippen LogP contribution in [0.2, 0.25) is 0 Å². The highest BCUT2D eigenvalue weighted by atomic mass is 31.1. The second kappa shape index (κ2) is 11.7. The van der Waals surface area contributed by atoms with Gasteiger partial charge in [-0.1, -0.05) is 137 Å². The lowest BCUT2D eigenvalue weighted by Gasteiger charge is -2.29. The first-order chi connectivity index (χ1) is 19.3. The summed E-state index contributed by atoms with van der Waals surface area (Å²) in [6.07, 6.45) is 9.90. The van der Waals surface area contributed by atoms with E-state index >= 15 is 0 Å². The lowest BCUT2D eigenvalue weighted by Crippen LogP contribution is -2.04. The maximum absolute atomic E-state index is 2.41. The van der Waals surface area contributed by atoms with E-state index in [0.717, 1.165) is 34.5 Å². The summed E-state index contributed by atoms with van der Waals surface area (Å²) in [5.41, 5.74) is 9.52. The van der Waals surface area contributed by atoms with Crippen molar-refractivity contribution >= 4 is 15.8 Å². The van der Waals surface area contributed by atoms with Gasteiger partial charge in [0, 0.05) is 22.6 Å². The van der Waals surface area contributed by atoms with Crippen molar-refractivity contribution in [3.63, 3.8) is 0 Å². The third kappa shape index (κ3) is 5.53. The molecule has 0 aromatic heterocycles. The van der Waals surface area contributed by atoms with Crippen LogP contribution in [0.5, 0.6) is 0 Å². The van der Waals surface area contributed by atoms with Crippen LogP contribution in [-0.2, 0) is 0 Å². The summed E-state index contributed by atoms with van der Waals surface area (Å²) in [6, 6.07) is 46.1. The Balaban J connectivity index is 1.11. The second-order valence-corrected chi connectivity index (χ2v) is 17.3. The van der Waals surface area contributed by atoms with Crippen LogP contribution in [0.1, 0.15) is 77.0 Å². The van der Waals surface area contributed by atoms with Crippen LogP contribution in [0.3, 0.4) is 0 Å². The van der Waals surface area contributed by atoms with Crippen LogP contribution in [0.4, 0.5) is 0 Å². The molecule has 7 rings (SSSR count). The highest BCUT2D eigenvalue weighted by Crippen LogP contribution is 2.75. The van der Waals surface area contributed by atoms with Crippen molar-refractivity contribution < 1.29 is 0 Å². The van der Waals surface area contributed by atoms with Crippen LogP contribution in [-0.4, -0.2) is 12.3 Å². The molecule has 1 saturated carbocycles. The molecule has 0 amide bonds. The highest BCUT2D eigenvalue weighted by Gasteiger charge is 2.48. The van der Waals surface area contributed by atoms with E-state index in [1.807, 2.05) is 0 Å². The molecular weight excluding hydrogens is 506 g/mol. The fraction of sp³-hybridized carbons (Fsp3) is 0.351. The molecule has 39 heavy (non-hydrogen) atoms. The predicted octanol–water partition coefficient (Wildman–Crippen LogP) is 11.1. The standard InChI is InChI=1S/C37H40P2/c1-5-13-28(14-6-1)34-21-22-35(29-15-7-2-8-16-29)38(34)26-32-25-33(32)27-39-36(30-17-9-3-10-18-30)23-24-37(39)31-19-11-4-12-20-31/h1-20,32-37H,21-27H2/t32-,33+,34-,35-,36-,37-/m0/s1. The number of rotatable bonds is 8. The molecule has 3 aliphatic rings. The minimum Gasteiger partial charge on any atom is -0.0910 e. The Morgan fingerprint density at radius 2 is 0.641 bits per heavy atom. The molecular formula is C37H40P2. The monoisotopic (exact) mass is 546 g/mol. The van der Waals surface area contributed by atoms with E-state index in [2.05, 4.69) is 121 Å². The summed E-state index contributed by atoms with van der Waals surface area (Å²) in [4.78, 5) is 0. The zero-order valence-corrected chi connectivity index (χ0v) is 24.6. The third-order valence-electron chi connectivity index (χ3n) is 9.73. The molecule has 198 valence electrons. The lowest BCUT2D eigenvalue weighted by atomic mass is 10.0. The SMILES string of the molecule is c1ccc([C@@H]2CC[C@@H](c3ccccc3)P2C[C@H]2C[C@H]2CP2[C@H](c3ccccc3)CC[C@H]2c2ccccc2)cc1. The Morgan fingerprint density at radius 1 is 0.385 bits per heavy atom. The first kappa shape index (κ1) is 25.7. The highest BCUT2D eigenvalue weighted by molar-refractivity contribution is 7.59. The van der Waals surface area contributed by atoms with Gasteiger partial charge in [-0.2, -0.15) is 0 Å². The Hall–Kier alpha value is -2.26. The summed E-state index contributed by atoms with van der Waals surface area (Å²) < 4.78 is 0. The Labute approximate surface area is 237 Å². The van der Waals surface area contributed by atoms with Crippen LogP contribution < -0.4 is 0 Å². The van der Waals surface area contributed by atoms with Gasteiger partial charge in [-0.3, -0.25) is 0 Å². The molecule has 0 spiro atoms. The van der Waals surface area contributed by atoms with E-state index in [1.54, 1.807) is 22.3 Å². The molecule has 0 N–H and O–H groups in total. The maximum Gasteiger partial charge on any atom is 0.00477 e. The topological polar surface area (TPSA) is 0 Å².